The summed E-state index contributed by atoms with van der Waals surface area (Å²) in [5, 5.41) is 9.05. The molecule has 0 heterocycles. The predicted octanol–water partition coefficient (Wildman–Crippen LogP) is 3.55. The first-order chi connectivity index (χ1) is 10.9. The van der Waals surface area contributed by atoms with Crippen molar-refractivity contribution in [2.45, 2.75) is 26.2 Å². The molecule has 1 aliphatic carbocycles. The minimum atomic E-state index is -0.928. The van der Waals surface area contributed by atoms with Crippen LogP contribution in [0.4, 0.5) is 5.69 Å². The van der Waals surface area contributed by atoms with E-state index in [9.17, 15) is 9.59 Å². The highest BCUT2D eigenvalue weighted by molar-refractivity contribution is 6.04. The number of carboxylic acid groups (broad SMARTS) is 1. The number of Topliss-reactive ketones (excluding diaryl/α,β-unsaturated/α-hetero) is 1. The zero-order valence-electron chi connectivity index (χ0n) is 13.0. The maximum atomic E-state index is 12.7. The Labute approximate surface area is 134 Å². The number of ketones is 1. The Morgan fingerprint density at radius 3 is 2.48 bits per heavy atom. The molecule has 0 amide bonds. The number of rotatable bonds is 3. The number of aryl methyl sites for hydroxylation is 1. The molecule has 2 aromatic carbocycles. The van der Waals surface area contributed by atoms with Crippen molar-refractivity contribution >= 4 is 17.4 Å². The fourth-order valence-electron chi connectivity index (χ4n) is 3.23. The van der Waals surface area contributed by atoms with Crippen LogP contribution in [-0.2, 0) is 11.2 Å². The fourth-order valence-corrected chi connectivity index (χ4v) is 3.23. The van der Waals surface area contributed by atoms with Crippen LogP contribution in [-0.4, -0.2) is 16.9 Å². The minimum absolute atomic E-state index is 0.0648. The molecule has 1 unspecified atom stereocenters. The van der Waals surface area contributed by atoms with Gasteiger partial charge in [-0.2, -0.15) is 0 Å². The zero-order chi connectivity index (χ0) is 16.6. The number of hydrogen-bond donors (Lipinski definition) is 2. The van der Waals surface area contributed by atoms with Gasteiger partial charge in [-0.3, -0.25) is 9.59 Å². The second-order valence-corrected chi connectivity index (χ2v) is 6.45. The number of fused-ring (bicyclic) bond motifs is 1. The third kappa shape index (κ3) is 2.84. The van der Waals surface area contributed by atoms with E-state index in [1.165, 1.54) is 0 Å². The maximum absolute atomic E-state index is 12.7. The Kier molecular flexibility index (Phi) is 3.68. The number of nitrogens with two attached hydrogens (primary N) is 1. The molecule has 0 aromatic heterocycles. The number of benzene rings is 2. The topological polar surface area (TPSA) is 80.4 Å². The summed E-state index contributed by atoms with van der Waals surface area (Å²) in [6.45, 7) is 1.75. The predicted molar refractivity (Wildman–Crippen MR) is 89.3 cm³/mol. The number of anilines is 1. The van der Waals surface area contributed by atoms with Gasteiger partial charge in [0, 0.05) is 16.7 Å². The molecular weight excluding hydrogens is 290 g/mol. The Bertz CT molecular complexity index is 780. The van der Waals surface area contributed by atoms with Crippen molar-refractivity contribution in [1.82, 2.24) is 0 Å². The van der Waals surface area contributed by atoms with E-state index in [1.54, 1.807) is 6.92 Å². The second kappa shape index (κ2) is 5.54. The Hall–Kier alpha value is -2.62. The number of nitrogen functional groups attached to an aromatic ring is 1. The van der Waals surface area contributed by atoms with E-state index in [0.29, 0.717) is 24.1 Å². The van der Waals surface area contributed by atoms with Crippen LogP contribution >= 0.6 is 0 Å². The molecule has 3 rings (SSSR count). The molecule has 2 aromatic rings. The number of aliphatic carboxylic acids is 1. The molecule has 1 aliphatic rings. The Morgan fingerprint density at radius 2 is 1.83 bits per heavy atom. The van der Waals surface area contributed by atoms with Crippen molar-refractivity contribution in [3.63, 3.8) is 0 Å². The van der Waals surface area contributed by atoms with Crippen molar-refractivity contribution in [3.05, 3.63) is 53.6 Å². The van der Waals surface area contributed by atoms with Gasteiger partial charge in [0.1, 0.15) is 0 Å². The highest BCUT2D eigenvalue weighted by Gasteiger charge is 2.40. The van der Waals surface area contributed by atoms with Crippen molar-refractivity contribution < 1.29 is 14.7 Å². The molecule has 1 atom stereocenters. The molecule has 4 heteroatoms. The molecule has 0 fully saturated rings. The van der Waals surface area contributed by atoms with Crippen LogP contribution in [0.15, 0.2) is 42.5 Å². The van der Waals surface area contributed by atoms with Gasteiger partial charge < -0.3 is 10.8 Å². The monoisotopic (exact) mass is 309 g/mol. The first-order valence-corrected chi connectivity index (χ1v) is 7.64. The molecular formula is C19H19NO3. The molecule has 0 saturated carbocycles. The van der Waals surface area contributed by atoms with E-state index in [4.69, 9.17) is 10.8 Å². The molecule has 118 valence electrons. The normalized spacial score (nSPS) is 20.1. The number of carbonyl (C=O) groups is 2. The molecule has 4 nitrogen and oxygen atoms in total. The third-order valence-electron chi connectivity index (χ3n) is 4.63. The van der Waals surface area contributed by atoms with Crippen molar-refractivity contribution in [3.8, 4) is 11.1 Å². The molecule has 23 heavy (non-hydrogen) atoms. The van der Waals surface area contributed by atoms with E-state index < -0.39 is 11.4 Å². The minimum Gasteiger partial charge on any atom is -0.481 e. The van der Waals surface area contributed by atoms with E-state index in [2.05, 4.69) is 0 Å². The quantitative estimate of drug-likeness (QED) is 0.850. The van der Waals surface area contributed by atoms with Crippen LogP contribution in [0.1, 0.15) is 35.7 Å². The summed E-state index contributed by atoms with van der Waals surface area (Å²) in [5.74, 6) is -0.993. The van der Waals surface area contributed by atoms with Crippen molar-refractivity contribution in [2.75, 3.05) is 5.73 Å². The highest BCUT2D eigenvalue weighted by Crippen LogP contribution is 2.39. The smallest absolute Gasteiger partial charge is 0.304 e. The second-order valence-electron chi connectivity index (χ2n) is 6.45. The largest absolute Gasteiger partial charge is 0.481 e. The van der Waals surface area contributed by atoms with Crippen molar-refractivity contribution in [1.29, 1.82) is 0 Å². The van der Waals surface area contributed by atoms with Crippen LogP contribution < -0.4 is 5.73 Å². The number of hydrogen-bond acceptors (Lipinski definition) is 3. The lowest BCUT2D eigenvalue weighted by Crippen LogP contribution is -2.35. The standard InChI is InChI=1S/C19H19NO3/c1-19(11-17(21)22)9-8-14-10-13(4-7-16(14)18(19)23)12-2-5-15(20)6-3-12/h2-7,10H,8-9,11,20H2,1H3,(H,21,22). The van der Waals surface area contributed by atoms with Crippen LogP contribution in [0.5, 0.6) is 0 Å². The lowest BCUT2D eigenvalue weighted by molar-refractivity contribution is -0.139. The number of carbonyl (C=O) groups excluding carboxylic acids is 1. The summed E-state index contributed by atoms with van der Waals surface area (Å²) in [6, 6.07) is 13.4. The zero-order valence-corrected chi connectivity index (χ0v) is 13.0. The van der Waals surface area contributed by atoms with E-state index >= 15 is 0 Å². The lowest BCUT2D eigenvalue weighted by atomic mass is 9.69. The first kappa shape index (κ1) is 15.3. The Morgan fingerprint density at radius 1 is 1.17 bits per heavy atom. The van der Waals surface area contributed by atoms with Gasteiger partial charge in [-0.25, -0.2) is 0 Å². The highest BCUT2D eigenvalue weighted by atomic mass is 16.4. The van der Waals surface area contributed by atoms with E-state index in [1.807, 2.05) is 42.5 Å². The molecule has 0 bridgehead atoms. The van der Waals surface area contributed by atoms with Gasteiger partial charge in [-0.1, -0.05) is 37.3 Å². The SMILES string of the molecule is CC1(CC(=O)O)CCc2cc(-c3ccc(N)cc3)ccc2C1=O. The fraction of sp³-hybridized carbons (Fsp3) is 0.263. The van der Waals surface area contributed by atoms with E-state index in [0.717, 1.165) is 16.7 Å². The molecule has 0 radical (unpaired) electrons. The molecule has 0 aliphatic heterocycles. The summed E-state index contributed by atoms with van der Waals surface area (Å²) in [7, 11) is 0. The summed E-state index contributed by atoms with van der Waals surface area (Å²) >= 11 is 0. The average Bonchev–Trinajstić information content (AvgIpc) is 2.51. The molecule has 3 N–H and O–H groups in total. The summed E-state index contributed by atoms with van der Waals surface area (Å²) < 4.78 is 0. The van der Waals surface area contributed by atoms with Crippen LogP contribution in [0, 0.1) is 5.41 Å². The average molecular weight is 309 g/mol. The Balaban J connectivity index is 1.96. The summed E-state index contributed by atoms with van der Waals surface area (Å²) in [5.41, 5.74) is 9.36. The van der Waals surface area contributed by atoms with Gasteiger partial charge in [0.05, 0.1) is 6.42 Å². The molecule has 0 spiro atoms. The summed E-state index contributed by atoms with van der Waals surface area (Å²) in [4.78, 5) is 23.7. The van der Waals surface area contributed by atoms with Crippen LogP contribution in [0.3, 0.4) is 0 Å². The maximum Gasteiger partial charge on any atom is 0.304 e. The van der Waals surface area contributed by atoms with Gasteiger partial charge in [-0.15, -0.1) is 0 Å². The van der Waals surface area contributed by atoms with Crippen LogP contribution in [0.2, 0.25) is 0 Å². The van der Waals surface area contributed by atoms with E-state index in [-0.39, 0.29) is 12.2 Å². The van der Waals surface area contributed by atoms with Gasteiger partial charge >= 0.3 is 5.97 Å². The van der Waals surface area contributed by atoms with Gasteiger partial charge in [0.2, 0.25) is 0 Å². The number of carboxylic acids is 1. The third-order valence-corrected chi connectivity index (χ3v) is 4.63. The van der Waals surface area contributed by atoms with Crippen molar-refractivity contribution in [2.24, 2.45) is 5.41 Å². The van der Waals surface area contributed by atoms with Crippen LogP contribution in [0.25, 0.3) is 11.1 Å². The molecule has 0 saturated heterocycles. The van der Waals surface area contributed by atoms with Gasteiger partial charge in [0.25, 0.3) is 0 Å². The summed E-state index contributed by atoms with van der Waals surface area (Å²) in [6.07, 6.45) is 1.16. The van der Waals surface area contributed by atoms with Gasteiger partial charge in [-0.05, 0) is 41.7 Å². The van der Waals surface area contributed by atoms with Gasteiger partial charge in [0.15, 0.2) is 5.78 Å². The lowest BCUT2D eigenvalue weighted by Gasteiger charge is -2.32. The first-order valence-electron chi connectivity index (χ1n) is 7.64.